The van der Waals surface area contributed by atoms with Crippen molar-refractivity contribution in [1.29, 1.82) is 0 Å². The van der Waals surface area contributed by atoms with Crippen LogP contribution in [0.4, 0.5) is 35.1 Å². The second kappa shape index (κ2) is 7.03. The third-order valence-corrected chi connectivity index (χ3v) is 4.59. The van der Waals surface area contributed by atoms with Gasteiger partial charge in [-0.2, -0.15) is 35.1 Å². The minimum atomic E-state index is -6.54. The van der Waals surface area contributed by atoms with E-state index in [0.29, 0.717) is 0 Å². The van der Waals surface area contributed by atoms with Crippen molar-refractivity contribution in [3.05, 3.63) is 0 Å². The molecule has 0 saturated carbocycles. The molecule has 25 heavy (non-hydrogen) atoms. The van der Waals surface area contributed by atoms with Crippen molar-refractivity contribution in [2.75, 3.05) is 6.54 Å². The zero-order valence-electron chi connectivity index (χ0n) is 12.7. The van der Waals surface area contributed by atoms with Crippen LogP contribution in [0, 0.1) is 5.41 Å². The molecular formula is C10H12F8INO4S. The van der Waals surface area contributed by atoms with Crippen molar-refractivity contribution < 1.29 is 53.1 Å². The third-order valence-electron chi connectivity index (χ3n) is 2.52. The number of carbonyl (C=O) groups excluding carboxylic acids is 1. The van der Waals surface area contributed by atoms with Crippen molar-refractivity contribution in [3.63, 3.8) is 0 Å². The van der Waals surface area contributed by atoms with E-state index < -0.39 is 49.2 Å². The number of ether oxygens (including phenoxy) is 1. The predicted molar refractivity (Wildman–Crippen MR) is 76.3 cm³/mol. The summed E-state index contributed by atoms with van der Waals surface area (Å²) in [5.74, 6) is -1.000. The average Bonchev–Trinajstić information content (AvgIpc) is 2.31. The predicted octanol–water partition coefficient (Wildman–Crippen LogP) is 3.34. The Balaban J connectivity index is 5.54. The van der Waals surface area contributed by atoms with Crippen molar-refractivity contribution in [2.24, 2.45) is 5.41 Å². The van der Waals surface area contributed by atoms with Gasteiger partial charge >= 0.3 is 21.4 Å². The lowest BCUT2D eigenvalue weighted by atomic mass is 9.91. The van der Waals surface area contributed by atoms with Crippen LogP contribution in [0.15, 0.2) is 0 Å². The molecule has 15 heteroatoms. The molecule has 0 atom stereocenters. The van der Waals surface area contributed by atoms with E-state index in [1.165, 1.54) is 20.8 Å². The molecule has 0 unspecified atom stereocenters. The van der Waals surface area contributed by atoms with Crippen LogP contribution in [0.5, 0.6) is 0 Å². The van der Waals surface area contributed by atoms with Crippen LogP contribution in [0.1, 0.15) is 20.8 Å². The minimum Gasteiger partial charge on any atom is -0.298 e. The van der Waals surface area contributed by atoms with Crippen molar-refractivity contribution in [1.82, 2.24) is 4.72 Å². The summed E-state index contributed by atoms with van der Waals surface area (Å²) in [4.78, 5) is 11.4. The van der Waals surface area contributed by atoms with Crippen LogP contribution in [-0.2, 0) is 19.6 Å². The fraction of sp³-hybridized carbons (Fsp3) is 0.900. The fourth-order valence-corrected chi connectivity index (χ4v) is 1.92. The summed E-state index contributed by atoms with van der Waals surface area (Å²) in [5.41, 5.74) is -1.24. The van der Waals surface area contributed by atoms with E-state index in [9.17, 15) is 48.3 Å². The molecule has 0 fully saturated rings. The van der Waals surface area contributed by atoms with Crippen LogP contribution in [0.25, 0.3) is 0 Å². The Morgan fingerprint density at radius 1 is 0.960 bits per heavy atom. The number of halogens is 9. The topological polar surface area (TPSA) is 72.5 Å². The van der Waals surface area contributed by atoms with Gasteiger partial charge in [0.2, 0.25) is 0 Å². The Morgan fingerprint density at radius 3 is 1.68 bits per heavy atom. The first kappa shape index (κ1) is 24.7. The lowest BCUT2D eigenvalue weighted by Gasteiger charge is -2.30. The Morgan fingerprint density at radius 2 is 1.36 bits per heavy atom. The zero-order valence-corrected chi connectivity index (χ0v) is 15.6. The molecular weight excluding hydrogens is 509 g/mol. The number of ketones is 1. The number of carbonyl (C=O) groups is 1. The van der Waals surface area contributed by atoms with Gasteiger partial charge in [0.25, 0.3) is 10.0 Å². The highest BCUT2D eigenvalue weighted by molar-refractivity contribution is 14.1. The first-order valence-electron chi connectivity index (χ1n) is 6.01. The standard InChI is InChI=1S/C10H12F8INO4S/c1-6(2,3)5(21)4-20-25(22,23)10(17,18)9(15,16)24-8(13,14)7(11,12)19/h20H,4H2,1-3H3. The van der Waals surface area contributed by atoms with E-state index >= 15 is 0 Å². The average molecular weight is 521 g/mol. The van der Waals surface area contributed by atoms with Gasteiger partial charge in [-0.15, -0.1) is 0 Å². The molecule has 0 aliphatic carbocycles. The number of hydrogen-bond acceptors (Lipinski definition) is 4. The lowest BCUT2D eigenvalue weighted by molar-refractivity contribution is -0.438. The summed E-state index contributed by atoms with van der Waals surface area (Å²) < 4.78 is 124. The van der Waals surface area contributed by atoms with Crippen LogP contribution >= 0.6 is 22.6 Å². The molecule has 0 bridgehead atoms. The number of hydrogen-bond donors (Lipinski definition) is 1. The number of rotatable bonds is 8. The summed E-state index contributed by atoms with van der Waals surface area (Å²) in [6, 6.07) is 0. The van der Waals surface area contributed by atoms with E-state index in [1.54, 1.807) is 0 Å². The molecule has 0 aliphatic heterocycles. The molecule has 0 radical (unpaired) electrons. The summed E-state index contributed by atoms with van der Waals surface area (Å²) >= 11 is -0.354. The SMILES string of the molecule is CC(C)(C)C(=O)CNS(=O)(=O)C(F)(F)C(F)(F)OC(F)(F)C(F)(F)I. The van der Waals surface area contributed by atoms with Gasteiger partial charge in [0.05, 0.1) is 6.54 Å². The number of sulfonamides is 1. The second-order valence-corrected chi connectivity index (χ2v) is 8.81. The zero-order chi connectivity index (χ0) is 20.7. The van der Waals surface area contributed by atoms with Crippen LogP contribution in [0.3, 0.4) is 0 Å². The van der Waals surface area contributed by atoms with Gasteiger partial charge in [-0.05, 0) is 0 Å². The van der Waals surface area contributed by atoms with E-state index in [4.69, 9.17) is 0 Å². The number of Topliss-reactive ketones (excluding diaryl/α,β-unsaturated/α-hetero) is 1. The van der Waals surface area contributed by atoms with E-state index in [2.05, 4.69) is 4.74 Å². The maximum absolute atomic E-state index is 13.4. The van der Waals surface area contributed by atoms with Gasteiger partial charge < -0.3 is 0 Å². The van der Waals surface area contributed by atoms with E-state index in [1.807, 2.05) is 0 Å². The first-order valence-corrected chi connectivity index (χ1v) is 8.57. The molecule has 0 rings (SSSR count). The van der Waals surface area contributed by atoms with E-state index in [0.717, 1.165) is 4.72 Å². The van der Waals surface area contributed by atoms with E-state index in [-0.39, 0.29) is 22.6 Å². The molecule has 0 aromatic rings. The van der Waals surface area contributed by atoms with Crippen LogP contribution < -0.4 is 4.72 Å². The molecule has 150 valence electrons. The summed E-state index contributed by atoms with van der Waals surface area (Å²) in [7, 11) is -6.45. The molecule has 0 aromatic carbocycles. The van der Waals surface area contributed by atoms with Crippen molar-refractivity contribution in [2.45, 2.75) is 42.2 Å². The Hall–Kier alpha value is -0.290. The summed E-state index contributed by atoms with van der Waals surface area (Å²) in [5, 5.41) is -6.39. The highest BCUT2D eigenvalue weighted by atomic mass is 127. The summed E-state index contributed by atoms with van der Waals surface area (Å²) in [6.45, 7) is 2.39. The maximum atomic E-state index is 13.4. The molecule has 0 amide bonds. The highest BCUT2D eigenvalue weighted by Gasteiger charge is 2.73. The molecule has 0 saturated heterocycles. The minimum absolute atomic E-state index is 0.354. The molecule has 5 nitrogen and oxygen atoms in total. The maximum Gasteiger partial charge on any atom is 0.448 e. The third kappa shape index (κ3) is 5.59. The summed E-state index contributed by atoms with van der Waals surface area (Å²) in [6.07, 6.45) is -12.7. The van der Waals surface area contributed by atoms with Gasteiger partial charge in [-0.3, -0.25) is 4.79 Å². The van der Waals surface area contributed by atoms with Gasteiger partial charge in [0, 0.05) is 28.0 Å². The first-order chi connectivity index (χ1) is 10.6. The number of nitrogens with one attached hydrogen (secondary N) is 1. The van der Waals surface area contributed by atoms with Gasteiger partial charge in [-0.1, -0.05) is 20.8 Å². The van der Waals surface area contributed by atoms with Crippen molar-refractivity contribution >= 4 is 38.4 Å². The monoisotopic (exact) mass is 521 g/mol. The van der Waals surface area contributed by atoms with Gasteiger partial charge in [-0.25, -0.2) is 17.9 Å². The molecule has 0 spiro atoms. The molecule has 1 N–H and O–H groups in total. The van der Waals surface area contributed by atoms with Gasteiger partial charge in [0.15, 0.2) is 5.78 Å². The lowest BCUT2D eigenvalue weighted by Crippen LogP contribution is -2.58. The quantitative estimate of drug-likeness (QED) is 0.302. The normalized spacial score (nSPS) is 15.4. The largest absolute Gasteiger partial charge is 0.448 e. The Bertz CT molecular complexity index is 611. The second-order valence-electron chi connectivity index (χ2n) is 5.65. The molecule has 0 aliphatic rings. The number of alkyl halides is 9. The Kier molecular flexibility index (Phi) is 6.95. The molecule has 0 heterocycles. The Labute approximate surface area is 150 Å². The van der Waals surface area contributed by atoms with Crippen molar-refractivity contribution in [3.8, 4) is 0 Å². The van der Waals surface area contributed by atoms with Crippen LogP contribution in [0.2, 0.25) is 0 Å². The molecule has 0 aromatic heterocycles. The highest BCUT2D eigenvalue weighted by Crippen LogP contribution is 2.48. The van der Waals surface area contributed by atoms with Crippen LogP contribution in [-0.4, -0.2) is 42.1 Å². The smallest absolute Gasteiger partial charge is 0.298 e. The fourth-order valence-electron chi connectivity index (χ4n) is 0.951. The van der Waals surface area contributed by atoms with Gasteiger partial charge in [0.1, 0.15) is 0 Å².